The maximum Gasteiger partial charge on any atom is 0.131 e. The fraction of sp³-hybridized carbons (Fsp3) is 0.385. The van der Waals surface area contributed by atoms with Crippen molar-refractivity contribution in [3.63, 3.8) is 0 Å². The molecule has 88 valence electrons. The van der Waals surface area contributed by atoms with Crippen LogP contribution in [-0.4, -0.2) is 6.61 Å². The molecule has 0 saturated heterocycles. The highest BCUT2D eigenvalue weighted by Crippen LogP contribution is 2.20. The third kappa shape index (κ3) is 3.66. The van der Waals surface area contributed by atoms with Crippen LogP contribution in [-0.2, 0) is 0 Å². The minimum atomic E-state index is -0.317. The predicted octanol–water partition coefficient (Wildman–Crippen LogP) is 3.19. The Morgan fingerprint density at radius 2 is 2.25 bits per heavy atom. The first-order valence-electron chi connectivity index (χ1n) is 5.33. The molecule has 0 spiro atoms. The van der Waals surface area contributed by atoms with Crippen molar-refractivity contribution in [1.29, 1.82) is 0 Å². The minimum Gasteiger partial charge on any atom is -0.493 e. The molecule has 0 radical (unpaired) electrons. The first-order chi connectivity index (χ1) is 7.50. The molecular formula is C13H18FNO. The molecule has 0 aliphatic heterocycles. The molecular weight excluding hydrogens is 205 g/mol. The summed E-state index contributed by atoms with van der Waals surface area (Å²) in [6.07, 6.45) is 0.774. The number of nitrogens with two attached hydrogens (primary N) is 1. The lowest BCUT2D eigenvalue weighted by Crippen LogP contribution is -2.07. The highest BCUT2D eigenvalue weighted by molar-refractivity contribution is 5.30. The molecule has 1 rings (SSSR count). The number of benzene rings is 1. The van der Waals surface area contributed by atoms with Crippen molar-refractivity contribution in [3.8, 4) is 5.75 Å². The third-order valence-corrected chi connectivity index (χ3v) is 2.26. The highest BCUT2D eigenvalue weighted by atomic mass is 19.1. The van der Waals surface area contributed by atoms with Gasteiger partial charge in [-0.15, -0.1) is 6.58 Å². The first kappa shape index (κ1) is 12.7. The van der Waals surface area contributed by atoms with E-state index in [-0.39, 0.29) is 11.9 Å². The topological polar surface area (TPSA) is 35.2 Å². The molecule has 0 amide bonds. The fourth-order valence-corrected chi connectivity index (χ4v) is 1.31. The molecule has 0 heterocycles. The monoisotopic (exact) mass is 223 g/mol. The molecule has 16 heavy (non-hydrogen) atoms. The predicted molar refractivity (Wildman–Crippen MR) is 63.9 cm³/mol. The van der Waals surface area contributed by atoms with Crippen LogP contribution in [0.1, 0.15) is 31.9 Å². The number of rotatable bonds is 5. The molecule has 1 aromatic carbocycles. The zero-order valence-corrected chi connectivity index (χ0v) is 9.79. The summed E-state index contributed by atoms with van der Waals surface area (Å²) in [5.74, 6) is 0.214. The number of hydrogen-bond donors (Lipinski definition) is 1. The van der Waals surface area contributed by atoms with E-state index in [0.29, 0.717) is 17.9 Å². The van der Waals surface area contributed by atoms with Crippen molar-refractivity contribution in [2.75, 3.05) is 6.61 Å². The van der Waals surface area contributed by atoms with Crippen molar-refractivity contribution in [3.05, 3.63) is 41.7 Å². The molecule has 0 aromatic heterocycles. The zero-order valence-electron chi connectivity index (χ0n) is 9.79. The van der Waals surface area contributed by atoms with Crippen LogP contribution in [0.5, 0.6) is 5.75 Å². The van der Waals surface area contributed by atoms with Gasteiger partial charge in [-0.25, -0.2) is 4.39 Å². The molecule has 0 saturated carbocycles. The summed E-state index contributed by atoms with van der Waals surface area (Å²) in [6, 6.07) is 4.47. The van der Waals surface area contributed by atoms with Gasteiger partial charge in [-0.3, -0.25) is 0 Å². The summed E-state index contributed by atoms with van der Waals surface area (Å²) >= 11 is 0. The van der Waals surface area contributed by atoms with Gasteiger partial charge in [0.1, 0.15) is 11.6 Å². The first-order valence-corrected chi connectivity index (χ1v) is 5.33. The summed E-state index contributed by atoms with van der Waals surface area (Å²) in [4.78, 5) is 0. The Morgan fingerprint density at radius 3 is 2.75 bits per heavy atom. The van der Waals surface area contributed by atoms with E-state index >= 15 is 0 Å². The molecule has 0 aliphatic carbocycles. The SMILES string of the molecule is C=C(C)CCOc1ccc([C@H](C)N)c(F)c1. The van der Waals surface area contributed by atoms with E-state index in [1.807, 2.05) is 6.92 Å². The maximum atomic E-state index is 13.5. The van der Waals surface area contributed by atoms with Crippen molar-refractivity contribution in [2.45, 2.75) is 26.3 Å². The molecule has 1 aromatic rings. The zero-order chi connectivity index (χ0) is 12.1. The van der Waals surface area contributed by atoms with Crippen molar-refractivity contribution < 1.29 is 9.13 Å². The van der Waals surface area contributed by atoms with Gasteiger partial charge >= 0.3 is 0 Å². The lowest BCUT2D eigenvalue weighted by Gasteiger charge is -2.10. The number of ether oxygens (including phenoxy) is 1. The molecule has 3 heteroatoms. The van der Waals surface area contributed by atoms with Crippen LogP contribution in [0.15, 0.2) is 30.4 Å². The summed E-state index contributed by atoms with van der Waals surface area (Å²) in [5.41, 5.74) is 7.17. The minimum absolute atomic E-state index is 0.301. The van der Waals surface area contributed by atoms with E-state index in [4.69, 9.17) is 10.5 Å². The smallest absolute Gasteiger partial charge is 0.131 e. The molecule has 2 N–H and O–H groups in total. The van der Waals surface area contributed by atoms with Gasteiger partial charge < -0.3 is 10.5 Å². The molecule has 0 bridgehead atoms. The summed E-state index contributed by atoms with van der Waals surface area (Å²) in [5, 5.41) is 0. The molecule has 2 nitrogen and oxygen atoms in total. The Labute approximate surface area is 95.9 Å². The second-order valence-corrected chi connectivity index (χ2v) is 4.03. The van der Waals surface area contributed by atoms with Crippen LogP contribution in [0, 0.1) is 5.82 Å². The maximum absolute atomic E-state index is 13.5. The third-order valence-electron chi connectivity index (χ3n) is 2.26. The van der Waals surface area contributed by atoms with E-state index in [9.17, 15) is 4.39 Å². The van der Waals surface area contributed by atoms with Crippen molar-refractivity contribution >= 4 is 0 Å². The van der Waals surface area contributed by atoms with Gasteiger partial charge in [-0.1, -0.05) is 11.6 Å². The second-order valence-electron chi connectivity index (χ2n) is 4.03. The lowest BCUT2D eigenvalue weighted by molar-refractivity contribution is 0.319. The molecule has 0 unspecified atom stereocenters. The van der Waals surface area contributed by atoms with E-state index in [0.717, 1.165) is 12.0 Å². The quantitative estimate of drug-likeness (QED) is 0.778. The van der Waals surface area contributed by atoms with Gasteiger partial charge in [0.15, 0.2) is 0 Å². The van der Waals surface area contributed by atoms with E-state index < -0.39 is 0 Å². The molecule has 1 atom stereocenters. The second kappa shape index (κ2) is 5.66. The Bertz CT molecular complexity index is 374. The summed E-state index contributed by atoms with van der Waals surface area (Å²) in [7, 11) is 0. The van der Waals surface area contributed by atoms with Gasteiger partial charge in [0, 0.05) is 24.1 Å². The number of halogens is 1. The molecule has 0 aliphatic rings. The lowest BCUT2D eigenvalue weighted by atomic mass is 10.1. The summed E-state index contributed by atoms with van der Waals surface area (Å²) < 4.78 is 18.9. The van der Waals surface area contributed by atoms with Crippen LogP contribution >= 0.6 is 0 Å². The Morgan fingerprint density at radius 1 is 1.56 bits per heavy atom. The normalized spacial score (nSPS) is 12.2. The van der Waals surface area contributed by atoms with Gasteiger partial charge in [0.2, 0.25) is 0 Å². The Kier molecular flexibility index (Phi) is 4.50. The Hall–Kier alpha value is -1.35. The van der Waals surface area contributed by atoms with Crippen LogP contribution in [0.2, 0.25) is 0 Å². The van der Waals surface area contributed by atoms with Crippen LogP contribution in [0.25, 0.3) is 0 Å². The van der Waals surface area contributed by atoms with Gasteiger partial charge in [-0.05, 0) is 19.9 Å². The van der Waals surface area contributed by atoms with Crippen LogP contribution in [0.3, 0.4) is 0 Å². The number of hydrogen-bond acceptors (Lipinski definition) is 2. The van der Waals surface area contributed by atoms with Gasteiger partial charge in [0.25, 0.3) is 0 Å². The standard InChI is InChI=1S/C13H18FNO/c1-9(2)6-7-16-11-4-5-12(10(3)15)13(14)8-11/h4-5,8,10H,1,6-7,15H2,2-3H3/t10-/m0/s1. The van der Waals surface area contributed by atoms with E-state index in [1.54, 1.807) is 19.1 Å². The van der Waals surface area contributed by atoms with E-state index in [2.05, 4.69) is 6.58 Å². The van der Waals surface area contributed by atoms with Crippen LogP contribution < -0.4 is 10.5 Å². The van der Waals surface area contributed by atoms with Gasteiger partial charge in [0.05, 0.1) is 6.61 Å². The molecule has 0 fully saturated rings. The Balaban J connectivity index is 2.63. The fourth-order valence-electron chi connectivity index (χ4n) is 1.31. The van der Waals surface area contributed by atoms with Crippen molar-refractivity contribution in [2.24, 2.45) is 5.73 Å². The average molecular weight is 223 g/mol. The van der Waals surface area contributed by atoms with Crippen LogP contribution in [0.4, 0.5) is 4.39 Å². The summed E-state index contributed by atoms with van der Waals surface area (Å²) in [6.45, 7) is 7.97. The van der Waals surface area contributed by atoms with E-state index in [1.165, 1.54) is 6.07 Å². The largest absolute Gasteiger partial charge is 0.493 e. The average Bonchev–Trinajstić information content (AvgIpc) is 2.16. The van der Waals surface area contributed by atoms with Gasteiger partial charge in [-0.2, -0.15) is 0 Å². The van der Waals surface area contributed by atoms with Crippen molar-refractivity contribution in [1.82, 2.24) is 0 Å². The highest BCUT2D eigenvalue weighted by Gasteiger charge is 2.07.